The first-order valence-corrected chi connectivity index (χ1v) is 5.75. The standard InChI is InChI=1S/C13H16FN3O/c1-9(15-6-10-7-16-17-8-10)11-3-4-12(14)13(5-11)18-2/h3-5,7-9,15H,6H2,1-2H3,(H,16,17). The largest absolute Gasteiger partial charge is 0.494 e. The molecule has 0 saturated heterocycles. The van der Waals surface area contributed by atoms with E-state index in [9.17, 15) is 4.39 Å². The summed E-state index contributed by atoms with van der Waals surface area (Å²) in [6.07, 6.45) is 3.61. The third-order valence-electron chi connectivity index (χ3n) is 2.84. The van der Waals surface area contributed by atoms with Crippen molar-refractivity contribution < 1.29 is 9.13 Å². The molecule has 0 radical (unpaired) electrons. The Bertz CT molecular complexity index is 499. The average Bonchev–Trinajstić information content (AvgIpc) is 2.89. The molecule has 96 valence electrons. The summed E-state index contributed by atoms with van der Waals surface area (Å²) in [5.41, 5.74) is 2.06. The van der Waals surface area contributed by atoms with Gasteiger partial charge in [0.25, 0.3) is 0 Å². The topological polar surface area (TPSA) is 49.9 Å². The second-order valence-electron chi connectivity index (χ2n) is 4.10. The highest BCUT2D eigenvalue weighted by molar-refractivity contribution is 5.31. The highest BCUT2D eigenvalue weighted by Gasteiger charge is 2.09. The Hall–Kier alpha value is -1.88. The molecule has 0 aliphatic heterocycles. The normalized spacial score (nSPS) is 12.4. The molecule has 0 spiro atoms. The molecule has 0 amide bonds. The SMILES string of the molecule is COc1cc(C(C)NCc2cn[nH]c2)ccc1F. The molecule has 2 aromatic rings. The molecule has 4 nitrogen and oxygen atoms in total. The summed E-state index contributed by atoms with van der Waals surface area (Å²) < 4.78 is 18.3. The highest BCUT2D eigenvalue weighted by Crippen LogP contribution is 2.22. The van der Waals surface area contributed by atoms with Gasteiger partial charge in [0.1, 0.15) is 0 Å². The maximum atomic E-state index is 13.3. The lowest BCUT2D eigenvalue weighted by molar-refractivity contribution is 0.385. The third kappa shape index (κ3) is 2.87. The number of rotatable bonds is 5. The quantitative estimate of drug-likeness (QED) is 0.855. The highest BCUT2D eigenvalue weighted by atomic mass is 19.1. The van der Waals surface area contributed by atoms with E-state index in [-0.39, 0.29) is 17.6 Å². The summed E-state index contributed by atoms with van der Waals surface area (Å²) in [5, 5.41) is 9.97. The van der Waals surface area contributed by atoms with E-state index in [2.05, 4.69) is 15.5 Å². The number of aromatic nitrogens is 2. The first-order valence-electron chi connectivity index (χ1n) is 5.75. The first-order chi connectivity index (χ1) is 8.70. The molecular weight excluding hydrogens is 233 g/mol. The number of aromatic amines is 1. The van der Waals surface area contributed by atoms with Crippen LogP contribution in [-0.2, 0) is 6.54 Å². The number of hydrogen-bond donors (Lipinski definition) is 2. The molecule has 0 aliphatic carbocycles. The van der Waals surface area contributed by atoms with Gasteiger partial charge in [0.2, 0.25) is 0 Å². The number of ether oxygens (including phenoxy) is 1. The van der Waals surface area contributed by atoms with E-state index in [0.717, 1.165) is 11.1 Å². The lowest BCUT2D eigenvalue weighted by Crippen LogP contribution is -2.17. The fourth-order valence-corrected chi connectivity index (χ4v) is 1.71. The average molecular weight is 249 g/mol. The predicted molar refractivity (Wildman–Crippen MR) is 66.8 cm³/mol. The Morgan fingerprint density at radius 3 is 3.00 bits per heavy atom. The van der Waals surface area contributed by atoms with Crippen LogP contribution < -0.4 is 10.1 Å². The molecular formula is C13H16FN3O. The summed E-state index contributed by atoms with van der Waals surface area (Å²) >= 11 is 0. The second-order valence-corrected chi connectivity index (χ2v) is 4.10. The van der Waals surface area contributed by atoms with E-state index < -0.39 is 0 Å². The van der Waals surface area contributed by atoms with Crippen LogP contribution in [0.3, 0.4) is 0 Å². The van der Waals surface area contributed by atoms with Gasteiger partial charge in [0.15, 0.2) is 11.6 Å². The second kappa shape index (κ2) is 5.64. The molecule has 0 bridgehead atoms. The number of H-pyrrole nitrogens is 1. The number of methoxy groups -OCH3 is 1. The van der Waals surface area contributed by atoms with E-state index in [4.69, 9.17) is 4.74 Å². The minimum absolute atomic E-state index is 0.106. The molecule has 2 rings (SSSR count). The van der Waals surface area contributed by atoms with Crippen LogP contribution in [0.25, 0.3) is 0 Å². The van der Waals surface area contributed by atoms with Gasteiger partial charge in [0.05, 0.1) is 13.3 Å². The summed E-state index contributed by atoms with van der Waals surface area (Å²) in [6.45, 7) is 2.73. The summed E-state index contributed by atoms with van der Waals surface area (Å²) in [4.78, 5) is 0. The maximum Gasteiger partial charge on any atom is 0.165 e. The zero-order valence-corrected chi connectivity index (χ0v) is 10.4. The lowest BCUT2D eigenvalue weighted by atomic mass is 10.1. The molecule has 0 saturated carbocycles. The fourth-order valence-electron chi connectivity index (χ4n) is 1.71. The monoisotopic (exact) mass is 249 g/mol. The van der Waals surface area contributed by atoms with Gasteiger partial charge in [0, 0.05) is 24.3 Å². The van der Waals surface area contributed by atoms with Crippen molar-refractivity contribution in [3.05, 3.63) is 47.5 Å². The van der Waals surface area contributed by atoms with Crippen molar-refractivity contribution in [3.8, 4) is 5.75 Å². The van der Waals surface area contributed by atoms with Crippen molar-refractivity contribution in [3.63, 3.8) is 0 Å². The van der Waals surface area contributed by atoms with Crippen LogP contribution in [0.15, 0.2) is 30.6 Å². The first kappa shape index (κ1) is 12.6. The number of hydrogen-bond acceptors (Lipinski definition) is 3. The fraction of sp³-hybridized carbons (Fsp3) is 0.308. The Labute approximate surface area is 105 Å². The van der Waals surface area contributed by atoms with Gasteiger partial charge in [-0.3, -0.25) is 5.10 Å². The van der Waals surface area contributed by atoms with Gasteiger partial charge in [-0.25, -0.2) is 4.39 Å². The van der Waals surface area contributed by atoms with Crippen molar-refractivity contribution in [1.29, 1.82) is 0 Å². The number of nitrogens with one attached hydrogen (secondary N) is 2. The van der Waals surface area contributed by atoms with Crippen molar-refractivity contribution in [2.45, 2.75) is 19.5 Å². The van der Waals surface area contributed by atoms with Gasteiger partial charge in [-0.2, -0.15) is 5.10 Å². The Morgan fingerprint density at radius 2 is 2.33 bits per heavy atom. The van der Waals surface area contributed by atoms with E-state index in [0.29, 0.717) is 6.54 Å². The lowest BCUT2D eigenvalue weighted by Gasteiger charge is -2.14. The van der Waals surface area contributed by atoms with E-state index in [1.165, 1.54) is 13.2 Å². The Balaban J connectivity index is 2.02. The van der Waals surface area contributed by atoms with Crippen LogP contribution in [-0.4, -0.2) is 17.3 Å². The molecule has 1 aromatic carbocycles. The molecule has 5 heteroatoms. The Kier molecular flexibility index (Phi) is 3.94. The molecule has 1 aromatic heterocycles. The van der Waals surface area contributed by atoms with Crippen LogP contribution in [0.2, 0.25) is 0 Å². The zero-order valence-electron chi connectivity index (χ0n) is 10.4. The number of halogens is 1. The molecule has 2 N–H and O–H groups in total. The van der Waals surface area contributed by atoms with Gasteiger partial charge in [-0.15, -0.1) is 0 Å². The van der Waals surface area contributed by atoms with Crippen LogP contribution in [0.4, 0.5) is 4.39 Å². The van der Waals surface area contributed by atoms with Crippen LogP contribution in [0, 0.1) is 5.82 Å². The predicted octanol–water partition coefficient (Wildman–Crippen LogP) is 2.41. The van der Waals surface area contributed by atoms with E-state index in [1.807, 2.05) is 13.1 Å². The molecule has 0 fully saturated rings. The van der Waals surface area contributed by atoms with Gasteiger partial charge >= 0.3 is 0 Å². The summed E-state index contributed by atoms with van der Waals surface area (Å²) in [5.74, 6) is -0.0762. The minimum atomic E-state index is -0.344. The summed E-state index contributed by atoms with van der Waals surface area (Å²) in [6, 6.07) is 4.99. The van der Waals surface area contributed by atoms with Crippen molar-refractivity contribution in [2.75, 3.05) is 7.11 Å². The van der Waals surface area contributed by atoms with Crippen LogP contribution in [0.1, 0.15) is 24.1 Å². The van der Waals surface area contributed by atoms with Crippen molar-refractivity contribution in [1.82, 2.24) is 15.5 Å². The Morgan fingerprint density at radius 1 is 1.50 bits per heavy atom. The third-order valence-corrected chi connectivity index (χ3v) is 2.84. The van der Waals surface area contributed by atoms with E-state index in [1.54, 1.807) is 18.3 Å². The molecule has 1 heterocycles. The van der Waals surface area contributed by atoms with Crippen LogP contribution in [0.5, 0.6) is 5.75 Å². The molecule has 1 unspecified atom stereocenters. The minimum Gasteiger partial charge on any atom is -0.494 e. The molecule has 0 aliphatic rings. The summed E-state index contributed by atoms with van der Waals surface area (Å²) in [7, 11) is 1.46. The smallest absolute Gasteiger partial charge is 0.165 e. The van der Waals surface area contributed by atoms with E-state index >= 15 is 0 Å². The van der Waals surface area contributed by atoms with Crippen LogP contribution >= 0.6 is 0 Å². The molecule has 1 atom stereocenters. The number of benzene rings is 1. The number of nitrogens with zero attached hydrogens (tertiary/aromatic N) is 1. The van der Waals surface area contributed by atoms with Crippen molar-refractivity contribution >= 4 is 0 Å². The maximum absolute atomic E-state index is 13.3. The van der Waals surface area contributed by atoms with Gasteiger partial charge < -0.3 is 10.1 Å². The zero-order chi connectivity index (χ0) is 13.0. The van der Waals surface area contributed by atoms with Gasteiger partial charge in [-0.05, 0) is 24.6 Å². The van der Waals surface area contributed by atoms with Gasteiger partial charge in [-0.1, -0.05) is 6.07 Å². The molecule has 18 heavy (non-hydrogen) atoms. The van der Waals surface area contributed by atoms with Crippen molar-refractivity contribution in [2.24, 2.45) is 0 Å².